The molecule has 0 fully saturated rings. The fourth-order valence-electron chi connectivity index (χ4n) is 2.87. The summed E-state index contributed by atoms with van der Waals surface area (Å²) in [4.78, 5) is 25.2. The van der Waals surface area contributed by atoms with Gasteiger partial charge >= 0.3 is 5.69 Å². The standard InChI is InChI=1S/C19H25N3O4/c1-4-5-6-7-8-12-21(16-11-9-10-14(2)13-16)19(23)17-18(22(24)25)15(3)26-20-17/h9-11,13H,4-8,12H2,1-3H3. The molecule has 1 amide bonds. The van der Waals surface area contributed by atoms with E-state index in [9.17, 15) is 14.9 Å². The number of aryl methyl sites for hydroxylation is 2. The first kappa shape index (κ1) is 19.6. The van der Waals surface area contributed by atoms with Crippen LogP contribution in [0.5, 0.6) is 0 Å². The first-order chi connectivity index (χ1) is 12.5. The van der Waals surface area contributed by atoms with E-state index in [-0.39, 0.29) is 17.1 Å². The van der Waals surface area contributed by atoms with Gasteiger partial charge in [-0.1, -0.05) is 49.9 Å². The van der Waals surface area contributed by atoms with Gasteiger partial charge in [0.05, 0.1) is 4.92 Å². The number of rotatable bonds is 9. The van der Waals surface area contributed by atoms with Gasteiger partial charge in [0.15, 0.2) is 0 Å². The highest BCUT2D eigenvalue weighted by Gasteiger charge is 2.33. The van der Waals surface area contributed by atoms with Gasteiger partial charge < -0.3 is 9.42 Å². The minimum atomic E-state index is -0.616. The maximum atomic E-state index is 13.0. The van der Waals surface area contributed by atoms with E-state index in [1.807, 2.05) is 31.2 Å². The zero-order valence-corrected chi connectivity index (χ0v) is 15.5. The van der Waals surface area contributed by atoms with E-state index in [2.05, 4.69) is 12.1 Å². The highest BCUT2D eigenvalue weighted by atomic mass is 16.6. The molecule has 0 radical (unpaired) electrons. The number of nitrogens with zero attached hydrogens (tertiary/aromatic N) is 3. The van der Waals surface area contributed by atoms with Crippen LogP contribution in [0.1, 0.15) is 60.8 Å². The minimum absolute atomic E-state index is 0.0329. The summed E-state index contributed by atoms with van der Waals surface area (Å²) in [6, 6.07) is 7.53. The van der Waals surface area contributed by atoms with Crippen molar-refractivity contribution in [3.63, 3.8) is 0 Å². The van der Waals surface area contributed by atoms with Crippen molar-refractivity contribution in [3.8, 4) is 0 Å². The molecule has 0 aliphatic rings. The van der Waals surface area contributed by atoms with Crippen LogP contribution in [0.4, 0.5) is 11.4 Å². The predicted octanol–water partition coefficient (Wildman–Crippen LogP) is 4.82. The van der Waals surface area contributed by atoms with E-state index in [1.165, 1.54) is 6.92 Å². The molecule has 2 rings (SSSR count). The van der Waals surface area contributed by atoms with E-state index < -0.39 is 10.8 Å². The Morgan fingerprint density at radius 1 is 1.23 bits per heavy atom. The fourth-order valence-corrected chi connectivity index (χ4v) is 2.87. The van der Waals surface area contributed by atoms with Gasteiger partial charge in [-0.2, -0.15) is 0 Å². The van der Waals surface area contributed by atoms with Crippen molar-refractivity contribution in [2.24, 2.45) is 0 Å². The van der Waals surface area contributed by atoms with Crippen LogP contribution in [0, 0.1) is 24.0 Å². The summed E-state index contributed by atoms with van der Waals surface area (Å²) in [5.41, 5.74) is 1.11. The van der Waals surface area contributed by atoms with E-state index in [4.69, 9.17) is 4.52 Å². The molecule has 7 nitrogen and oxygen atoms in total. The smallest absolute Gasteiger partial charge is 0.344 e. The summed E-state index contributed by atoms with van der Waals surface area (Å²) >= 11 is 0. The summed E-state index contributed by atoms with van der Waals surface area (Å²) in [5, 5.41) is 14.9. The first-order valence-corrected chi connectivity index (χ1v) is 8.95. The number of anilines is 1. The Morgan fingerprint density at radius 3 is 2.62 bits per heavy atom. The molecule has 1 aromatic heterocycles. The normalized spacial score (nSPS) is 10.7. The first-order valence-electron chi connectivity index (χ1n) is 8.95. The minimum Gasteiger partial charge on any atom is -0.353 e. The lowest BCUT2D eigenvalue weighted by atomic mass is 10.1. The second-order valence-corrected chi connectivity index (χ2v) is 6.40. The summed E-state index contributed by atoms with van der Waals surface area (Å²) in [5.74, 6) is -0.472. The van der Waals surface area contributed by atoms with Gasteiger partial charge in [-0.05, 0) is 31.0 Å². The molecular formula is C19H25N3O4. The Balaban J connectivity index is 2.28. The highest BCUT2D eigenvalue weighted by molar-refractivity contribution is 6.07. The summed E-state index contributed by atoms with van der Waals surface area (Å²) in [7, 11) is 0. The van der Waals surface area contributed by atoms with E-state index in [0.717, 1.165) is 37.7 Å². The Bertz CT molecular complexity index is 770. The number of hydrogen-bond donors (Lipinski definition) is 0. The molecule has 0 spiro atoms. The predicted molar refractivity (Wildman–Crippen MR) is 99.5 cm³/mol. The molecule has 0 bridgehead atoms. The van der Waals surface area contributed by atoms with Crippen LogP contribution in [0.25, 0.3) is 0 Å². The molecule has 1 heterocycles. The average Bonchev–Trinajstić information content (AvgIpc) is 2.99. The molecule has 0 saturated carbocycles. The second kappa shape index (κ2) is 9.12. The topological polar surface area (TPSA) is 89.5 Å². The Hall–Kier alpha value is -2.70. The van der Waals surface area contributed by atoms with Crippen LogP contribution in [-0.4, -0.2) is 22.5 Å². The zero-order chi connectivity index (χ0) is 19.1. The Morgan fingerprint density at radius 2 is 1.96 bits per heavy atom. The Labute approximate surface area is 153 Å². The number of amides is 1. The lowest BCUT2D eigenvalue weighted by molar-refractivity contribution is -0.386. The molecule has 0 saturated heterocycles. The number of benzene rings is 1. The van der Waals surface area contributed by atoms with E-state index in [1.54, 1.807) is 4.90 Å². The molecule has 1 aromatic carbocycles. The van der Waals surface area contributed by atoms with Crippen LogP contribution >= 0.6 is 0 Å². The molecule has 7 heteroatoms. The number of unbranched alkanes of at least 4 members (excludes halogenated alkanes) is 4. The number of carbonyl (C=O) groups is 1. The van der Waals surface area contributed by atoms with Crippen LogP contribution < -0.4 is 4.90 Å². The number of carbonyl (C=O) groups excluding carboxylic acids is 1. The highest BCUT2D eigenvalue weighted by Crippen LogP contribution is 2.26. The van der Waals surface area contributed by atoms with Crippen molar-refractivity contribution in [3.05, 3.63) is 51.4 Å². The van der Waals surface area contributed by atoms with E-state index in [0.29, 0.717) is 12.2 Å². The van der Waals surface area contributed by atoms with Gasteiger partial charge in [0.1, 0.15) is 0 Å². The van der Waals surface area contributed by atoms with Crippen LogP contribution in [0.2, 0.25) is 0 Å². The van der Waals surface area contributed by atoms with Crippen molar-refractivity contribution in [2.75, 3.05) is 11.4 Å². The third-order valence-electron chi connectivity index (χ3n) is 4.26. The summed E-state index contributed by atoms with van der Waals surface area (Å²) in [6.07, 6.45) is 5.24. The van der Waals surface area contributed by atoms with Gasteiger partial charge in [0, 0.05) is 19.2 Å². The monoisotopic (exact) mass is 359 g/mol. The third kappa shape index (κ3) is 4.68. The van der Waals surface area contributed by atoms with Crippen molar-refractivity contribution in [2.45, 2.75) is 52.9 Å². The number of aromatic nitrogens is 1. The SMILES string of the molecule is CCCCCCCN(C(=O)c1noc(C)c1[N+](=O)[O-])c1cccc(C)c1. The Kier molecular flexibility index (Phi) is 6.89. The van der Waals surface area contributed by atoms with Gasteiger partial charge in [-0.3, -0.25) is 14.9 Å². The average molecular weight is 359 g/mol. The molecule has 0 unspecified atom stereocenters. The van der Waals surface area contributed by atoms with Crippen LogP contribution in [-0.2, 0) is 0 Å². The zero-order valence-electron chi connectivity index (χ0n) is 15.5. The van der Waals surface area contributed by atoms with Crippen molar-refractivity contribution >= 4 is 17.3 Å². The summed E-state index contributed by atoms with van der Waals surface area (Å²) in [6.45, 7) is 6.00. The van der Waals surface area contributed by atoms with E-state index >= 15 is 0 Å². The van der Waals surface area contributed by atoms with Gasteiger partial charge in [-0.15, -0.1) is 0 Å². The molecule has 26 heavy (non-hydrogen) atoms. The lowest BCUT2D eigenvalue weighted by Crippen LogP contribution is -2.32. The molecule has 0 aliphatic carbocycles. The maximum Gasteiger partial charge on any atom is 0.344 e. The lowest BCUT2D eigenvalue weighted by Gasteiger charge is -2.22. The molecule has 2 aromatic rings. The molecule has 0 aliphatic heterocycles. The third-order valence-corrected chi connectivity index (χ3v) is 4.26. The van der Waals surface area contributed by atoms with Crippen LogP contribution in [0.15, 0.2) is 28.8 Å². The molecule has 0 N–H and O–H groups in total. The summed E-state index contributed by atoms with van der Waals surface area (Å²) < 4.78 is 4.91. The van der Waals surface area contributed by atoms with Gasteiger partial charge in [0.25, 0.3) is 5.91 Å². The molecule has 140 valence electrons. The number of nitro groups is 1. The van der Waals surface area contributed by atoms with Crippen molar-refractivity contribution in [1.82, 2.24) is 5.16 Å². The van der Waals surface area contributed by atoms with Crippen molar-refractivity contribution < 1.29 is 14.2 Å². The van der Waals surface area contributed by atoms with Gasteiger partial charge in [-0.25, -0.2) is 0 Å². The number of hydrogen-bond acceptors (Lipinski definition) is 5. The largest absolute Gasteiger partial charge is 0.353 e. The van der Waals surface area contributed by atoms with Crippen LogP contribution in [0.3, 0.4) is 0 Å². The second-order valence-electron chi connectivity index (χ2n) is 6.40. The maximum absolute atomic E-state index is 13.0. The van der Waals surface area contributed by atoms with Crippen molar-refractivity contribution in [1.29, 1.82) is 0 Å². The quantitative estimate of drug-likeness (QED) is 0.364. The fraction of sp³-hybridized carbons (Fsp3) is 0.474. The molecular weight excluding hydrogens is 334 g/mol. The molecule has 0 atom stereocenters. The van der Waals surface area contributed by atoms with Gasteiger partial charge in [0.2, 0.25) is 11.5 Å².